The van der Waals surface area contributed by atoms with E-state index in [9.17, 15) is 0 Å². The molecule has 1 fully saturated rings. The summed E-state index contributed by atoms with van der Waals surface area (Å²) in [5.41, 5.74) is 0. The summed E-state index contributed by atoms with van der Waals surface area (Å²) in [5, 5.41) is 0. The molecule has 0 aromatic carbocycles. The maximum absolute atomic E-state index is 2.59. The second kappa shape index (κ2) is 1.54. The molecule has 2 rings (SSSR count). The van der Waals surface area contributed by atoms with Crippen molar-refractivity contribution < 1.29 is 0 Å². The van der Waals surface area contributed by atoms with Crippen LogP contribution >= 0.6 is 20.7 Å². The van der Waals surface area contributed by atoms with Crippen molar-refractivity contribution in [2.24, 2.45) is 11.8 Å². The van der Waals surface area contributed by atoms with Gasteiger partial charge >= 0.3 is 0 Å². The van der Waals surface area contributed by atoms with Crippen LogP contribution in [0.3, 0.4) is 0 Å². The van der Waals surface area contributed by atoms with Gasteiger partial charge in [0.15, 0.2) is 0 Å². The van der Waals surface area contributed by atoms with E-state index in [0.717, 1.165) is 5.92 Å². The molecule has 0 saturated heterocycles. The SMILES string of the molecule is C1=ICC1C1CC1. The van der Waals surface area contributed by atoms with Crippen LogP contribution in [0, 0.1) is 11.8 Å². The minimum atomic E-state index is 0.632. The summed E-state index contributed by atoms with van der Waals surface area (Å²) in [6, 6.07) is 0. The second-order valence-electron chi connectivity index (χ2n) is 2.44. The van der Waals surface area contributed by atoms with E-state index in [4.69, 9.17) is 0 Å². The fraction of sp³-hybridized carbons (Fsp3) is 0.833. The highest BCUT2D eigenvalue weighted by atomic mass is 127. The Morgan fingerprint density at radius 3 is 2.29 bits per heavy atom. The smallest absolute Gasteiger partial charge is 0.00149 e. The monoisotopic (exact) mass is 208 g/mol. The van der Waals surface area contributed by atoms with Gasteiger partial charge in [-0.15, -0.1) is 20.7 Å². The van der Waals surface area contributed by atoms with Gasteiger partial charge in [0.05, 0.1) is 0 Å². The first-order chi connectivity index (χ1) is 3.47. The summed E-state index contributed by atoms with van der Waals surface area (Å²) in [6.07, 6.45) is 3.09. The Balaban J connectivity index is 1.96. The van der Waals surface area contributed by atoms with Gasteiger partial charge in [0.1, 0.15) is 0 Å². The van der Waals surface area contributed by atoms with Crippen molar-refractivity contribution in [1.29, 1.82) is 0 Å². The lowest BCUT2D eigenvalue weighted by atomic mass is 10.1. The average Bonchev–Trinajstić information content (AvgIpc) is 2.10. The van der Waals surface area contributed by atoms with Crippen LogP contribution in [0.1, 0.15) is 12.8 Å². The van der Waals surface area contributed by atoms with Crippen LogP contribution in [-0.2, 0) is 0 Å². The topological polar surface area (TPSA) is 0 Å². The summed E-state index contributed by atoms with van der Waals surface area (Å²) in [6.45, 7) is 0. The van der Waals surface area contributed by atoms with Crippen LogP contribution in [0.2, 0.25) is 0 Å². The van der Waals surface area contributed by atoms with Gasteiger partial charge in [0, 0.05) is 4.43 Å². The maximum Gasteiger partial charge on any atom is 0.00149 e. The van der Waals surface area contributed by atoms with Gasteiger partial charge in [-0.3, -0.25) is 0 Å². The van der Waals surface area contributed by atoms with Crippen LogP contribution < -0.4 is 0 Å². The first-order valence-corrected chi connectivity index (χ1v) is 5.65. The number of halogens is 1. The zero-order valence-corrected chi connectivity index (χ0v) is 6.39. The maximum atomic E-state index is 2.59. The molecule has 40 valence electrons. The molecule has 1 saturated carbocycles. The van der Waals surface area contributed by atoms with E-state index in [1.165, 1.54) is 5.92 Å². The van der Waals surface area contributed by atoms with Crippen LogP contribution in [-0.4, -0.2) is 8.44 Å². The fourth-order valence-corrected chi connectivity index (χ4v) is 3.35. The highest BCUT2D eigenvalue weighted by Gasteiger charge is 2.31. The zero-order valence-electron chi connectivity index (χ0n) is 4.23. The molecule has 0 bridgehead atoms. The van der Waals surface area contributed by atoms with Gasteiger partial charge < -0.3 is 0 Å². The number of rotatable bonds is 1. The number of hydrogen-bond acceptors (Lipinski definition) is 0. The van der Waals surface area contributed by atoms with Crippen LogP contribution in [0.15, 0.2) is 0 Å². The molecule has 7 heavy (non-hydrogen) atoms. The molecule has 1 aliphatic carbocycles. The van der Waals surface area contributed by atoms with Gasteiger partial charge in [-0.25, -0.2) is 0 Å². The summed E-state index contributed by atoms with van der Waals surface area (Å²) < 4.78 is 4.21. The number of hydrogen-bond donors (Lipinski definition) is 0. The molecule has 0 N–H and O–H groups in total. The van der Waals surface area contributed by atoms with E-state index in [-0.39, 0.29) is 0 Å². The molecule has 1 heteroatoms. The quantitative estimate of drug-likeness (QED) is 0.455. The molecule has 0 amide bonds. The summed E-state index contributed by atoms with van der Waals surface area (Å²) >= 11 is 0.632. The van der Waals surface area contributed by atoms with Crippen molar-refractivity contribution in [3.05, 3.63) is 0 Å². The van der Waals surface area contributed by atoms with Gasteiger partial charge in [-0.2, -0.15) is 0 Å². The van der Waals surface area contributed by atoms with E-state index >= 15 is 0 Å². The van der Waals surface area contributed by atoms with E-state index in [2.05, 4.69) is 4.01 Å². The minimum Gasteiger partial charge on any atom is -0.126 e. The molecule has 0 aromatic heterocycles. The zero-order chi connectivity index (χ0) is 4.69. The van der Waals surface area contributed by atoms with E-state index in [1.807, 2.05) is 0 Å². The highest BCUT2D eigenvalue weighted by molar-refractivity contribution is 14.2. The summed E-state index contributed by atoms with van der Waals surface area (Å²) in [4.78, 5) is 0. The van der Waals surface area contributed by atoms with E-state index in [1.54, 1.807) is 17.3 Å². The lowest BCUT2D eigenvalue weighted by Gasteiger charge is -2.14. The first-order valence-electron chi connectivity index (χ1n) is 2.88. The lowest BCUT2D eigenvalue weighted by molar-refractivity contribution is 0.701. The van der Waals surface area contributed by atoms with Crippen molar-refractivity contribution in [2.45, 2.75) is 12.8 Å². The van der Waals surface area contributed by atoms with Crippen molar-refractivity contribution in [3.63, 3.8) is 0 Å². The molecule has 1 unspecified atom stereocenters. The van der Waals surface area contributed by atoms with Crippen molar-refractivity contribution in [3.8, 4) is 0 Å². The van der Waals surface area contributed by atoms with Crippen molar-refractivity contribution in [2.75, 3.05) is 4.43 Å². The third-order valence-electron chi connectivity index (χ3n) is 1.75. The third kappa shape index (κ3) is 0.755. The lowest BCUT2D eigenvalue weighted by Crippen LogP contribution is -2.11. The van der Waals surface area contributed by atoms with Crippen LogP contribution in [0.4, 0.5) is 0 Å². The molecule has 0 radical (unpaired) electrons. The Kier molecular flexibility index (Phi) is 0.984. The van der Waals surface area contributed by atoms with Gasteiger partial charge in [0.25, 0.3) is 0 Å². The predicted octanol–water partition coefficient (Wildman–Crippen LogP) is 1.80. The standard InChI is InChI=1S/C6H9I/c1-2-5(1)6-3-7-4-6/h3,5-6H,1-2,4H2. The molecule has 0 aromatic rings. The van der Waals surface area contributed by atoms with E-state index < -0.39 is 0 Å². The Labute approximate surface area is 54.0 Å². The molecular weight excluding hydrogens is 199 g/mol. The Hall–Kier alpha value is 0.600. The average molecular weight is 208 g/mol. The normalized spacial score (nSPS) is 39.1. The van der Waals surface area contributed by atoms with Crippen LogP contribution in [0.5, 0.6) is 0 Å². The molecule has 1 atom stereocenters. The van der Waals surface area contributed by atoms with E-state index in [0.29, 0.717) is 20.7 Å². The third-order valence-corrected chi connectivity index (χ3v) is 4.70. The molecule has 1 heterocycles. The molecule has 0 nitrogen and oxygen atoms in total. The number of alkyl halides is 1. The molecule has 2 aliphatic rings. The van der Waals surface area contributed by atoms with Gasteiger partial charge in [-0.1, -0.05) is 4.01 Å². The van der Waals surface area contributed by atoms with Crippen molar-refractivity contribution in [1.82, 2.24) is 0 Å². The fourth-order valence-electron chi connectivity index (χ4n) is 0.945. The molecule has 0 spiro atoms. The van der Waals surface area contributed by atoms with Gasteiger partial charge in [0.2, 0.25) is 0 Å². The first kappa shape index (κ1) is 4.48. The molecular formula is C6H9I. The van der Waals surface area contributed by atoms with Crippen molar-refractivity contribution >= 4 is 24.7 Å². The Morgan fingerprint density at radius 2 is 2.14 bits per heavy atom. The van der Waals surface area contributed by atoms with Crippen LogP contribution in [0.25, 0.3) is 0 Å². The summed E-state index contributed by atoms with van der Waals surface area (Å²) in [5.74, 6) is 2.29. The predicted molar refractivity (Wildman–Crippen MR) is 41.2 cm³/mol. The molecule has 1 aliphatic heterocycles. The largest absolute Gasteiger partial charge is 0.126 e. The van der Waals surface area contributed by atoms with Gasteiger partial charge in [-0.05, 0) is 24.7 Å². The highest BCUT2D eigenvalue weighted by Crippen LogP contribution is 2.41. The Bertz CT molecular complexity index is 103. The minimum absolute atomic E-state index is 0.632. The summed E-state index contributed by atoms with van der Waals surface area (Å²) in [7, 11) is 0. The second-order valence-corrected chi connectivity index (χ2v) is 4.92. The Morgan fingerprint density at radius 1 is 1.43 bits per heavy atom.